The summed E-state index contributed by atoms with van der Waals surface area (Å²) in [6.07, 6.45) is 6.67. The Morgan fingerprint density at radius 2 is 1.91 bits per heavy atom. The second-order valence-electron chi connectivity index (χ2n) is 6.22. The van der Waals surface area contributed by atoms with E-state index in [0.717, 1.165) is 11.3 Å². The molecule has 1 aromatic heterocycles. The highest BCUT2D eigenvalue weighted by molar-refractivity contribution is 5.93. The van der Waals surface area contributed by atoms with Gasteiger partial charge in [-0.05, 0) is 37.5 Å². The molecule has 0 spiro atoms. The molecule has 4 heteroatoms. The summed E-state index contributed by atoms with van der Waals surface area (Å²) in [4.78, 5) is 16.5. The van der Waals surface area contributed by atoms with Crippen LogP contribution in [0, 0.1) is 6.92 Å². The number of aromatic nitrogens is 1. The van der Waals surface area contributed by atoms with E-state index in [4.69, 9.17) is 0 Å². The Morgan fingerprint density at radius 1 is 1.17 bits per heavy atom. The highest BCUT2D eigenvalue weighted by atomic mass is 16.1. The molecule has 1 aliphatic carbocycles. The van der Waals surface area contributed by atoms with Crippen molar-refractivity contribution in [1.29, 1.82) is 0 Å². The quantitative estimate of drug-likeness (QED) is 0.886. The molecule has 1 heterocycles. The van der Waals surface area contributed by atoms with Crippen molar-refractivity contribution in [3.63, 3.8) is 0 Å². The summed E-state index contributed by atoms with van der Waals surface area (Å²) in [6.45, 7) is 2.57. The Hall–Kier alpha value is -2.36. The molecule has 2 N–H and O–H groups in total. The first kappa shape index (κ1) is 15.5. The SMILES string of the molecule is Cc1ccc(CNC(=O)c2cc(NC3CCCC3)ccn2)cc1. The van der Waals surface area contributed by atoms with Gasteiger partial charge in [0.15, 0.2) is 0 Å². The molecule has 4 nitrogen and oxygen atoms in total. The summed E-state index contributed by atoms with van der Waals surface area (Å²) in [7, 11) is 0. The zero-order valence-electron chi connectivity index (χ0n) is 13.5. The van der Waals surface area contributed by atoms with Crippen molar-refractivity contribution in [1.82, 2.24) is 10.3 Å². The van der Waals surface area contributed by atoms with Crippen LogP contribution in [0.4, 0.5) is 5.69 Å². The number of rotatable bonds is 5. The normalized spacial score (nSPS) is 14.7. The molecular weight excluding hydrogens is 286 g/mol. The van der Waals surface area contributed by atoms with E-state index in [-0.39, 0.29) is 5.91 Å². The van der Waals surface area contributed by atoms with Gasteiger partial charge in [0, 0.05) is 24.5 Å². The van der Waals surface area contributed by atoms with Gasteiger partial charge in [0.2, 0.25) is 0 Å². The molecular formula is C19H23N3O. The van der Waals surface area contributed by atoms with Gasteiger partial charge in [-0.1, -0.05) is 42.7 Å². The molecule has 1 fully saturated rings. The van der Waals surface area contributed by atoms with Crippen LogP contribution in [0.25, 0.3) is 0 Å². The number of hydrogen-bond donors (Lipinski definition) is 2. The summed E-state index contributed by atoms with van der Waals surface area (Å²) in [6, 6.07) is 12.4. The van der Waals surface area contributed by atoms with Gasteiger partial charge in [0.25, 0.3) is 5.91 Å². The lowest BCUT2D eigenvalue weighted by atomic mass is 10.1. The first-order valence-corrected chi connectivity index (χ1v) is 8.27. The van der Waals surface area contributed by atoms with Crippen LogP contribution in [-0.2, 0) is 6.54 Å². The van der Waals surface area contributed by atoms with Crippen LogP contribution in [0.15, 0.2) is 42.6 Å². The van der Waals surface area contributed by atoms with E-state index in [9.17, 15) is 4.79 Å². The van der Waals surface area contributed by atoms with Crippen molar-refractivity contribution in [2.24, 2.45) is 0 Å². The number of carbonyl (C=O) groups excluding carboxylic acids is 1. The number of anilines is 1. The van der Waals surface area contributed by atoms with Crippen LogP contribution in [0.3, 0.4) is 0 Å². The lowest BCUT2D eigenvalue weighted by molar-refractivity contribution is 0.0946. The average molecular weight is 309 g/mol. The van der Waals surface area contributed by atoms with Crippen LogP contribution >= 0.6 is 0 Å². The third-order valence-electron chi connectivity index (χ3n) is 4.29. The first-order valence-electron chi connectivity index (χ1n) is 8.27. The molecule has 0 saturated heterocycles. The number of hydrogen-bond acceptors (Lipinski definition) is 3. The summed E-state index contributed by atoms with van der Waals surface area (Å²) in [5.41, 5.74) is 3.74. The number of benzene rings is 1. The third-order valence-corrected chi connectivity index (χ3v) is 4.29. The lowest BCUT2D eigenvalue weighted by Crippen LogP contribution is -2.24. The van der Waals surface area contributed by atoms with Crippen LogP contribution in [0.5, 0.6) is 0 Å². The average Bonchev–Trinajstić information content (AvgIpc) is 3.07. The second kappa shape index (κ2) is 7.27. The zero-order valence-corrected chi connectivity index (χ0v) is 13.5. The monoisotopic (exact) mass is 309 g/mol. The Labute approximate surface area is 137 Å². The first-order chi connectivity index (χ1) is 11.2. The van der Waals surface area contributed by atoms with Crippen molar-refractivity contribution in [3.05, 3.63) is 59.4 Å². The topological polar surface area (TPSA) is 54.0 Å². The van der Waals surface area contributed by atoms with Crippen LogP contribution in [-0.4, -0.2) is 16.9 Å². The molecule has 120 valence electrons. The van der Waals surface area contributed by atoms with Gasteiger partial charge >= 0.3 is 0 Å². The second-order valence-corrected chi connectivity index (χ2v) is 6.22. The van der Waals surface area contributed by atoms with E-state index in [1.807, 2.05) is 36.4 Å². The molecule has 1 saturated carbocycles. The molecule has 0 radical (unpaired) electrons. The fourth-order valence-corrected chi connectivity index (χ4v) is 2.93. The smallest absolute Gasteiger partial charge is 0.270 e. The molecule has 1 aromatic carbocycles. The van der Waals surface area contributed by atoms with Crippen molar-refractivity contribution in [2.75, 3.05) is 5.32 Å². The minimum Gasteiger partial charge on any atom is -0.382 e. The van der Waals surface area contributed by atoms with Crippen molar-refractivity contribution >= 4 is 11.6 Å². The Bertz CT molecular complexity index is 661. The third kappa shape index (κ3) is 4.31. The number of pyridine rings is 1. The Morgan fingerprint density at radius 3 is 2.65 bits per heavy atom. The van der Waals surface area contributed by atoms with E-state index in [0.29, 0.717) is 18.3 Å². The highest BCUT2D eigenvalue weighted by Crippen LogP contribution is 2.22. The maximum absolute atomic E-state index is 12.3. The van der Waals surface area contributed by atoms with Crippen molar-refractivity contribution in [3.8, 4) is 0 Å². The van der Waals surface area contributed by atoms with Crippen LogP contribution in [0.1, 0.15) is 47.3 Å². The Kier molecular flexibility index (Phi) is 4.91. The molecule has 3 rings (SSSR count). The molecule has 1 amide bonds. The molecule has 2 aromatic rings. The molecule has 0 aliphatic heterocycles. The minimum absolute atomic E-state index is 0.138. The maximum atomic E-state index is 12.3. The summed E-state index contributed by atoms with van der Waals surface area (Å²) in [5, 5.41) is 6.42. The molecule has 23 heavy (non-hydrogen) atoms. The summed E-state index contributed by atoms with van der Waals surface area (Å²) >= 11 is 0. The van der Waals surface area contributed by atoms with E-state index in [1.165, 1.54) is 31.2 Å². The largest absolute Gasteiger partial charge is 0.382 e. The van der Waals surface area contributed by atoms with Crippen LogP contribution in [0.2, 0.25) is 0 Å². The predicted molar refractivity (Wildman–Crippen MR) is 92.5 cm³/mol. The number of nitrogens with one attached hydrogen (secondary N) is 2. The molecule has 0 unspecified atom stereocenters. The van der Waals surface area contributed by atoms with Crippen molar-refractivity contribution < 1.29 is 4.79 Å². The summed E-state index contributed by atoms with van der Waals surface area (Å²) < 4.78 is 0. The van der Waals surface area contributed by atoms with Gasteiger partial charge in [-0.2, -0.15) is 0 Å². The fraction of sp³-hybridized carbons (Fsp3) is 0.368. The number of carbonyl (C=O) groups is 1. The molecule has 0 atom stereocenters. The summed E-state index contributed by atoms with van der Waals surface area (Å²) in [5.74, 6) is -0.138. The fourth-order valence-electron chi connectivity index (χ4n) is 2.93. The number of aryl methyl sites for hydroxylation is 1. The van der Waals surface area contributed by atoms with Crippen LogP contribution < -0.4 is 10.6 Å². The van der Waals surface area contributed by atoms with E-state index in [1.54, 1.807) is 6.20 Å². The number of amides is 1. The highest BCUT2D eigenvalue weighted by Gasteiger charge is 2.15. The van der Waals surface area contributed by atoms with Gasteiger partial charge in [-0.3, -0.25) is 9.78 Å². The minimum atomic E-state index is -0.138. The van der Waals surface area contributed by atoms with Gasteiger partial charge in [-0.15, -0.1) is 0 Å². The number of nitrogens with zero attached hydrogens (tertiary/aromatic N) is 1. The van der Waals surface area contributed by atoms with Gasteiger partial charge in [-0.25, -0.2) is 0 Å². The Balaban J connectivity index is 1.59. The molecule has 0 bridgehead atoms. The zero-order chi connectivity index (χ0) is 16.1. The van der Waals surface area contributed by atoms with Gasteiger partial charge in [0.1, 0.15) is 5.69 Å². The van der Waals surface area contributed by atoms with E-state index < -0.39 is 0 Å². The van der Waals surface area contributed by atoms with Gasteiger partial charge in [0.05, 0.1) is 0 Å². The maximum Gasteiger partial charge on any atom is 0.270 e. The predicted octanol–water partition coefficient (Wildman–Crippen LogP) is 3.67. The lowest BCUT2D eigenvalue weighted by Gasteiger charge is -2.14. The molecule has 1 aliphatic rings. The standard InChI is InChI=1S/C19H23N3O/c1-14-6-8-15(9-7-14)13-21-19(23)18-12-17(10-11-20-18)22-16-4-2-3-5-16/h6-12,16H,2-5,13H2,1H3,(H,20,22)(H,21,23). The van der Waals surface area contributed by atoms with Crippen molar-refractivity contribution in [2.45, 2.75) is 45.2 Å². The van der Waals surface area contributed by atoms with Gasteiger partial charge < -0.3 is 10.6 Å². The van der Waals surface area contributed by atoms with E-state index in [2.05, 4.69) is 22.5 Å². The van der Waals surface area contributed by atoms with E-state index >= 15 is 0 Å².